The Morgan fingerprint density at radius 2 is 2.04 bits per heavy atom. The van der Waals surface area contributed by atoms with E-state index in [9.17, 15) is 13.6 Å². The summed E-state index contributed by atoms with van der Waals surface area (Å²) in [5.74, 6) is -1.27. The quantitative estimate of drug-likeness (QED) is 0.576. The van der Waals surface area contributed by atoms with E-state index in [1.807, 2.05) is 0 Å². The molecule has 1 atom stereocenters. The van der Waals surface area contributed by atoms with Gasteiger partial charge in [-0.1, -0.05) is 0 Å². The summed E-state index contributed by atoms with van der Waals surface area (Å²) in [5.41, 5.74) is 1.91. The average molecular weight is 381 g/mol. The standard InChI is InChI=1S/C18H13F2N7O/c1-9-17-12(11-6-10(19)2-3-13(11)20)7-16(28)22-18(17)27(24-9)15-5-4-14-23-21-8-26(14)25-15/h2-6,8,12H,7H2,1H3,(H,22,28)/t12-/m1/s1. The van der Waals surface area contributed by atoms with Crippen molar-refractivity contribution in [2.24, 2.45) is 0 Å². The van der Waals surface area contributed by atoms with Crippen molar-refractivity contribution in [2.75, 3.05) is 5.32 Å². The summed E-state index contributed by atoms with van der Waals surface area (Å²) >= 11 is 0. The SMILES string of the molecule is Cc1nn(-c2ccc3nncn3n2)c2c1[C@@H](c1cc(F)ccc1F)CC(=O)N2. The Labute approximate surface area is 156 Å². The van der Waals surface area contributed by atoms with E-state index in [4.69, 9.17) is 0 Å². The minimum atomic E-state index is -0.646. The maximum Gasteiger partial charge on any atom is 0.226 e. The molecule has 140 valence electrons. The number of benzene rings is 1. The number of aryl methyl sites for hydroxylation is 1. The van der Waals surface area contributed by atoms with Gasteiger partial charge in [0.15, 0.2) is 11.5 Å². The Bertz CT molecular complexity index is 1250. The topological polar surface area (TPSA) is 90.0 Å². The number of rotatable bonds is 2. The first-order chi connectivity index (χ1) is 13.5. The lowest BCUT2D eigenvalue weighted by molar-refractivity contribution is -0.116. The lowest BCUT2D eigenvalue weighted by Crippen LogP contribution is -2.25. The monoisotopic (exact) mass is 381 g/mol. The molecule has 1 aliphatic heterocycles. The van der Waals surface area contributed by atoms with Gasteiger partial charge in [-0.05, 0) is 42.8 Å². The van der Waals surface area contributed by atoms with E-state index in [-0.39, 0.29) is 17.9 Å². The van der Waals surface area contributed by atoms with Gasteiger partial charge in [0.25, 0.3) is 0 Å². The van der Waals surface area contributed by atoms with Crippen LogP contribution in [0.4, 0.5) is 14.6 Å². The molecule has 0 aliphatic carbocycles. The molecule has 0 fully saturated rings. The minimum absolute atomic E-state index is 0.00217. The second-order valence-corrected chi connectivity index (χ2v) is 6.56. The number of amides is 1. The number of anilines is 1. The third-order valence-electron chi connectivity index (χ3n) is 4.80. The van der Waals surface area contributed by atoms with E-state index in [1.165, 1.54) is 15.5 Å². The number of aromatic nitrogens is 6. The van der Waals surface area contributed by atoms with E-state index in [0.717, 1.165) is 18.2 Å². The summed E-state index contributed by atoms with van der Waals surface area (Å²) < 4.78 is 31.1. The van der Waals surface area contributed by atoms with Crippen molar-refractivity contribution < 1.29 is 13.6 Å². The zero-order valence-corrected chi connectivity index (χ0v) is 14.6. The fraction of sp³-hybridized carbons (Fsp3) is 0.167. The molecule has 10 heteroatoms. The Hall–Kier alpha value is -3.69. The molecule has 3 aromatic heterocycles. The Morgan fingerprint density at radius 1 is 1.18 bits per heavy atom. The number of carbonyl (C=O) groups excluding carboxylic acids is 1. The molecule has 0 saturated heterocycles. The van der Waals surface area contributed by atoms with Crippen LogP contribution in [0.3, 0.4) is 0 Å². The number of hydrogen-bond donors (Lipinski definition) is 1. The minimum Gasteiger partial charge on any atom is -0.310 e. The number of nitrogens with zero attached hydrogens (tertiary/aromatic N) is 6. The Morgan fingerprint density at radius 3 is 2.89 bits per heavy atom. The van der Waals surface area contributed by atoms with Gasteiger partial charge in [0.05, 0.1) is 5.69 Å². The third kappa shape index (κ3) is 2.45. The highest BCUT2D eigenvalue weighted by Gasteiger charge is 2.34. The van der Waals surface area contributed by atoms with Crippen LogP contribution < -0.4 is 5.32 Å². The molecule has 4 heterocycles. The van der Waals surface area contributed by atoms with Crippen molar-refractivity contribution in [2.45, 2.75) is 19.3 Å². The van der Waals surface area contributed by atoms with Crippen molar-refractivity contribution in [3.05, 3.63) is 65.1 Å². The first-order valence-electron chi connectivity index (χ1n) is 8.53. The van der Waals surface area contributed by atoms with Crippen molar-refractivity contribution in [1.82, 2.24) is 29.6 Å². The van der Waals surface area contributed by atoms with E-state index < -0.39 is 17.6 Å². The zero-order valence-electron chi connectivity index (χ0n) is 14.6. The highest BCUT2D eigenvalue weighted by molar-refractivity contribution is 5.95. The number of nitrogens with one attached hydrogen (secondary N) is 1. The van der Waals surface area contributed by atoms with Crippen LogP contribution in [0.2, 0.25) is 0 Å². The fourth-order valence-electron chi connectivity index (χ4n) is 3.59. The first-order valence-corrected chi connectivity index (χ1v) is 8.53. The highest BCUT2D eigenvalue weighted by atomic mass is 19.1. The van der Waals surface area contributed by atoms with Gasteiger partial charge >= 0.3 is 0 Å². The van der Waals surface area contributed by atoms with Gasteiger partial charge in [-0.2, -0.15) is 14.3 Å². The first kappa shape index (κ1) is 16.5. The van der Waals surface area contributed by atoms with Crippen molar-refractivity contribution in [3.8, 4) is 5.82 Å². The summed E-state index contributed by atoms with van der Waals surface area (Å²) in [7, 11) is 0. The number of fused-ring (bicyclic) bond motifs is 2. The van der Waals surface area contributed by atoms with Gasteiger partial charge in [-0.3, -0.25) is 4.79 Å². The van der Waals surface area contributed by atoms with E-state index in [0.29, 0.717) is 28.5 Å². The summed E-state index contributed by atoms with van der Waals surface area (Å²) in [6.07, 6.45) is 1.45. The normalized spacial score (nSPS) is 16.2. The molecular weight excluding hydrogens is 368 g/mol. The zero-order chi connectivity index (χ0) is 19.4. The van der Waals surface area contributed by atoms with Crippen LogP contribution in [0.5, 0.6) is 0 Å². The number of hydrogen-bond acceptors (Lipinski definition) is 5. The smallest absolute Gasteiger partial charge is 0.226 e. The predicted molar refractivity (Wildman–Crippen MR) is 94.1 cm³/mol. The van der Waals surface area contributed by atoms with E-state index in [1.54, 1.807) is 19.1 Å². The largest absolute Gasteiger partial charge is 0.310 e. The van der Waals surface area contributed by atoms with Crippen LogP contribution in [0.1, 0.15) is 29.2 Å². The average Bonchev–Trinajstić information content (AvgIpc) is 3.27. The molecule has 0 saturated carbocycles. The van der Waals surface area contributed by atoms with Gasteiger partial charge in [0, 0.05) is 17.9 Å². The maximum absolute atomic E-state index is 14.4. The van der Waals surface area contributed by atoms with Crippen LogP contribution in [-0.2, 0) is 4.79 Å². The summed E-state index contributed by atoms with van der Waals surface area (Å²) in [4.78, 5) is 12.4. The molecule has 4 aromatic rings. The molecular formula is C18H13F2N7O. The van der Waals surface area contributed by atoms with Crippen LogP contribution in [0.25, 0.3) is 11.5 Å². The van der Waals surface area contributed by atoms with Crippen molar-refractivity contribution in [3.63, 3.8) is 0 Å². The van der Waals surface area contributed by atoms with Crippen molar-refractivity contribution >= 4 is 17.4 Å². The van der Waals surface area contributed by atoms with Gasteiger partial charge in [0.1, 0.15) is 23.8 Å². The van der Waals surface area contributed by atoms with Crippen LogP contribution in [0.15, 0.2) is 36.7 Å². The molecule has 28 heavy (non-hydrogen) atoms. The lowest BCUT2D eigenvalue weighted by atomic mass is 9.85. The van der Waals surface area contributed by atoms with Crippen LogP contribution >= 0.6 is 0 Å². The molecule has 0 spiro atoms. The molecule has 1 amide bonds. The Balaban J connectivity index is 1.70. The fourth-order valence-corrected chi connectivity index (χ4v) is 3.59. The number of carbonyl (C=O) groups is 1. The molecule has 1 aromatic carbocycles. The summed E-state index contributed by atoms with van der Waals surface area (Å²) in [5, 5.41) is 19.3. The number of halogens is 2. The van der Waals surface area contributed by atoms with E-state index >= 15 is 0 Å². The molecule has 1 aliphatic rings. The van der Waals surface area contributed by atoms with Gasteiger partial charge in [-0.15, -0.1) is 15.3 Å². The van der Waals surface area contributed by atoms with E-state index in [2.05, 4.69) is 25.7 Å². The van der Waals surface area contributed by atoms with Gasteiger partial charge in [-0.25, -0.2) is 8.78 Å². The molecule has 1 N–H and O–H groups in total. The molecule has 5 rings (SSSR count). The van der Waals surface area contributed by atoms with Crippen molar-refractivity contribution in [1.29, 1.82) is 0 Å². The molecule has 0 unspecified atom stereocenters. The highest BCUT2D eigenvalue weighted by Crippen LogP contribution is 2.40. The second kappa shape index (κ2) is 5.91. The predicted octanol–water partition coefficient (Wildman–Crippen LogP) is 2.37. The maximum atomic E-state index is 14.4. The van der Waals surface area contributed by atoms with Gasteiger partial charge < -0.3 is 5.32 Å². The molecule has 8 nitrogen and oxygen atoms in total. The summed E-state index contributed by atoms with van der Waals surface area (Å²) in [6.45, 7) is 1.76. The van der Waals surface area contributed by atoms with Gasteiger partial charge in [0.2, 0.25) is 5.91 Å². The molecule has 0 radical (unpaired) electrons. The van der Waals surface area contributed by atoms with Crippen LogP contribution in [0, 0.1) is 18.6 Å². The molecule has 0 bridgehead atoms. The third-order valence-corrected chi connectivity index (χ3v) is 4.80. The summed E-state index contributed by atoms with van der Waals surface area (Å²) in [6, 6.07) is 6.65. The van der Waals surface area contributed by atoms with Crippen LogP contribution in [-0.4, -0.2) is 35.5 Å². The second-order valence-electron chi connectivity index (χ2n) is 6.56. The Kier molecular flexibility index (Phi) is 3.48. The lowest BCUT2D eigenvalue weighted by Gasteiger charge is -2.24.